The van der Waals surface area contributed by atoms with Crippen molar-refractivity contribution in [1.29, 1.82) is 0 Å². The normalized spacial score (nSPS) is 12.4. The lowest BCUT2D eigenvalue weighted by Gasteiger charge is -2.15. The minimum atomic E-state index is -0.477. The average Bonchev–Trinajstić information content (AvgIpc) is 2.44. The number of carbonyl (C=O) groups is 1. The minimum Gasteiger partial charge on any atom is -0.391 e. The SMILES string of the molecule is CCCCc1ccc(CC(=O)NCC(O)C(C)C)cc1. The molecule has 20 heavy (non-hydrogen) atoms. The number of aliphatic hydroxyl groups is 1. The summed E-state index contributed by atoms with van der Waals surface area (Å²) in [7, 11) is 0. The van der Waals surface area contributed by atoms with Gasteiger partial charge in [0.15, 0.2) is 0 Å². The highest BCUT2D eigenvalue weighted by atomic mass is 16.3. The van der Waals surface area contributed by atoms with Gasteiger partial charge in [0.1, 0.15) is 0 Å². The lowest BCUT2D eigenvalue weighted by Crippen LogP contribution is -2.35. The van der Waals surface area contributed by atoms with E-state index in [1.807, 2.05) is 26.0 Å². The van der Waals surface area contributed by atoms with Crippen molar-refractivity contribution in [3.63, 3.8) is 0 Å². The maximum atomic E-state index is 11.8. The van der Waals surface area contributed by atoms with E-state index in [4.69, 9.17) is 0 Å². The first kappa shape index (κ1) is 16.7. The lowest BCUT2D eigenvalue weighted by molar-refractivity contribution is -0.121. The van der Waals surface area contributed by atoms with Crippen LogP contribution in [0.25, 0.3) is 0 Å². The van der Waals surface area contributed by atoms with Gasteiger partial charge < -0.3 is 10.4 Å². The minimum absolute atomic E-state index is 0.0361. The molecule has 0 fully saturated rings. The van der Waals surface area contributed by atoms with E-state index in [1.54, 1.807) is 0 Å². The van der Waals surface area contributed by atoms with E-state index in [-0.39, 0.29) is 11.8 Å². The van der Waals surface area contributed by atoms with Crippen molar-refractivity contribution >= 4 is 5.91 Å². The molecule has 0 aliphatic heterocycles. The molecular weight excluding hydrogens is 250 g/mol. The van der Waals surface area contributed by atoms with Crippen molar-refractivity contribution < 1.29 is 9.90 Å². The molecule has 3 nitrogen and oxygen atoms in total. The van der Waals surface area contributed by atoms with Crippen molar-refractivity contribution in [2.45, 2.75) is 52.6 Å². The zero-order chi connectivity index (χ0) is 15.0. The Kier molecular flexibility index (Phi) is 7.31. The third-order valence-electron chi connectivity index (χ3n) is 3.48. The van der Waals surface area contributed by atoms with Crippen molar-refractivity contribution in [2.24, 2.45) is 5.92 Å². The van der Waals surface area contributed by atoms with Crippen molar-refractivity contribution in [3.05, 3.63) is 35.4 Å². The van der Waals surface area contributed by atoms with Gasteiger partial charge in [0.25, 0.3) is 0 Å². The van der Waals surface area contributed by atoms with Crippen LogP contribution in [0.15, 0.2) is 24.3 Å². The van der Waals surface area contributed by atoms with Crippen LogP contribution >= 0.6 is 0 Å². The fraction of sp³-hybridized carbons (Fsp3) is 0.588. The van der Waals surface area contributed by atoms with Crippen LogP contribution in [-0.2, 0) is 17.6 Å². The van der Waals surface area contributed by atoms with E-state index in [9.17, 15) is 9.90 Å². The molecular formula is C17H27NO2. The molecule has 1 amide bonds. The van der Waals surface area contributed by atoms with Gasteiger partial charge in [-0.3, -0.25) is 4.79 Å². The van der Waals surface area contributed by atoms with E-state index in [0.29, 0.717) is 13.0 Å². The monoisotopic (exact) mass is 277 g/mol. The number of rotatable bonds is 8. The van der Waals surface area contributed by atoms with Crippen LogP contribution in [0.3, 0.4) is 0 Å². The predicted octanol–water partition coefficient (Wildman–Crippen LogP) is 2.70. The van der Waals surface area contributed by atoms with E-state index in [1.165, 1.54) is 18.4 Å². The highest BCUT2D eigenvalue weighted by Crippen LogP contribution is 2.08. The highest BCUT2D eigenvalue weighted by Gasteiger charge is 2.10. The second-order valence-corrected chi connectivity index (χ2v) is 5.71. The fourth-order valence-electron chi connectivity index (χ4n) is 1.91. The number of carbonyl (C=O) groups excluding carboxylic acids is 1. The number of aliphatic hydroxyl groups excluding tert-OH is 1. The van der Waals surface area contributed by atoms with Crippen molar-refractivity contribution in [1.82, 2.24) is 5.32 Å². The summed E-state index contributed by atoms with van der Waals surface area (Å²) in [5, 5.41) is 12.4. The first-order chi connectivity index (χ1) is 9.52. The lowest BCUT2D eigenvalue weighted by atomic mass is 10.0. The fourth-order valence-corrected chi connectivity index (χ4v) is 1.91. The zero-order valence-electron chi connectivity index (χ0n) is 12.9. The molecule has 0 saturated heterocycles. The summed E-state index contributed by atoms with van der Waals surface area (Å²) < 4.78 is 0. The smallest absolute Gasteiger partial charge is 0.224 e. The third kappa shape index (κ3) is 6.20. The molecule has 0 aliphatic carbocycles. The topological polar surface area (TPSA) is 49.3 Å². The second kappa shape index (κ2) is 8.75. The third-order valence-corrected chi connectivity index (χ3v) is 3.48. The van der Waals surface area contributed by atoms with Crippen LogP contribution in [0.5, 0.6) is 0 Å². The molecule has 0 aliphatic rings. The number of nitrogens with one attached hydrogen (secondary N) is 1. The Balaban J connectivity index is 2.38. The first-order valence-corrected chi connectivity index (χ1v) is 7.55. The van der Waals surface area contributed by atoms with Gasteiger partial charge in [0.2, 0.25) is 5.91 Å². The molecule has 1 unspecified atom stereocenters. The van der Waals surface area contributed by atoms with Crippen molar-refractivity contribution in [2.75, 3.05) is 6.54 Å². The van der Waals surface area contributed by atoms with Gasteiger partial charge in [-0.1, -0.05) is 51.5 Å². The van der Waals surface area contributed by atoms with Crippen LogP contribution in [0.1, 0.15) is 44.7 Å². The predicted molar refractivity (Wildman–Crippen MR) is 82.6 cm³/mol. The molecule has 1 rings (SSSR count). The molecule has 1 aromatic carbocycles. The average molecular weight is 277 g/mol. The quantitative estimate of drug-likeness (QED) is 0.767. The van der Waals surface area contributed by atoms with Gasteiger partial charge in [0, 0.05) is 6.54 Å². The molecule has 0 bridgehead atoms. The van der Waals surface area contributed by atoms with Gasteiger partial charge in [-0.25, -0.2) is 0 Å². The molecule has 0 aromatic heterocycles. The summed E-state index contributed by atoms with van der Waals surface area (Å²) in [4.78, 5) is 11.8. The van der Waals surface area contributed by atoms with Gasteiger partial charge in [-0.2, -0.15) is 0 Å². The van der Waals surface area contributed by atoms with Gasteiger partial charge in [-0.05, 0) is 29.9 Å². The van der Waals surface area contributed by atoms with Gasteiger partial charge >= 0.3 is 0 Å². The number of unbranched alkanes of at least 4 members (excludes halogenated alkanes) is 1. The summed E-state index contributed by atoms with van der Waals surface area (Å²) >= 11 is 0. The van der Waals surface area contributed by atoms with Crippen LogP contribution in [0.4, 0.5) is 0 Å². The van der Waals surface area contributed by atoms with E-state index >= 15 is 0 Å². The highest BCUT2D eigenvalue weighted by molar-refractivity contribution is 5.78. The molecule has 0 saturated carbocycles. The van der Waals surface area contributed by atoms with E-state index < -0.39 is 6.10 Å². The van der Waals surface area contributed by atoms with Gasteiger partial charge in [0.05, 0.1) is 12.5 Å². The number of benzene rings is 1. The Morgan fingerprint density at radius 1 is 1.20 bits per heavy atom. The molecule has 0 radical (unpaired) electrons. The van der Waals surface area contributed by atoms with Crippen LogP contribution < -0.4 is 5.32 Å². The number of amides is 1. The largest absolute Gasteiger partial charge is 0.391 e. The number of aryl methyl sites for hydroxylation is 1. The van der Waals surface area contributed by atoms with Crippen LogP contribution in [-0.4, -0.2) is 23.7 Å². The summed E-state index contributed by atoms with van der Waals surface area (Å²) in [6, 6.07) is 8.23. The molecule has 3 heteroatoms. The Labute approximate surface area is 122 Å². The summed E-state index contributed by atoms with van der Waals surface area (Å²) in [6.45, 7) is 6.38. The Hall–Kier alpha value is -1.35. The Bertz CT molecular complexity index is 398. The van der Waals surface area contributed by atoms with E-state index in [0.717, 1.165) is 12.0 Å². The molecule has 2 N–H and O–H groups in total. The maximum absolute atomic E-state index is 11.8. The van der Waals surface area contributed by atoms with Crippen LogP contribution in [0, 0.1) is 5.92 Å². The molecule has 0 heterocycles. The molecule has 0 spiro atoms. The zero-order valence-corrected chi connectivity index (χ0v) is 12.9. The maximum Gasteiger partial charge on any atom is 0.224 e. The standard InChI is InChI=1S/C17H27NO2/c1-4-5-6-14-7-9-15(10-8-14)11-17(20)18-12-16(19)13(2)3/h7-10,13,16,19H,4-6,11-12H2,1-3H3,(H,18,20). The first-order valence-electron chi connectivity index (χ1n) is 7.55. The molecule has 1 aromatic rings. The Morgan fingerprint density at radius 2 is 1.80 bits per heavy atom. The Morgan fingerprint density at radius 3 is 2.35 bits per heavy atom. The van der Waals surface area contributed by atoms with E-state index in [2.05, 4.69) is 24.4 Å². The van der Waals surface area contributed by atoms with Crippen LogP contribution in [0.2, 0.25) is 0 Å². The van der Waals surface area contributed by atoms with Gasteiger partial charge in [-0.15, -0.1) is 0 Å². The number of hydrogen-bond acceptors (Lipinski definition) is 2. The summed E-state index contributed by atoms with van der Waals surface area (Å²) in [5.41, 5.74) is 2.34. The molecule has 112 valence electrons. The summed E-state index contributed by atoms with van der Waals surface area (Å²) in [5.74, 6) is 0.124. The number of hydrogen-bond donors (Lipinski definition) is 2. The van der Waals surface area contributed by atoms with Crippen molar-refractivity contribution in [3.8, 4) is 0 Å². The molecule has 1 atom stereocenters. The summed E-state index contributed by atoms with van der Waals surface area (Å²) in [6.07, 6.45) is 3.40. The second-order valence-electron chi connectivity index (χ2n) is 5.71.